The summed E-state index contributed by atoms with van der Waals surface area (Å²) in [6.45, 7) is 4.04. The fraction of sp³-hybridized carbons (Fsp3) is 0.143. The lowest BCUT2D eigenvalue weighted by atomic mass is 10.0. The number of carbonyl (C=O) groups is 1. The minimum Gasteiger partial charge on any atom is -0.326 e. The number of carbonyl (C=O) groups excluding carboxylic acids is 1. The minimum absolute atomic E-state index is 0.100. The van der Waals surface area contributed by atoms with Crippen LogP contribution in [0.3, 0.4) is 0 Å². The van der Waals surface area contributed by atoms with Crippen molar-refractivity contribution < 1.29 is 13.2 Å². The summed E-state index contributed by atoms with van der Waals surface area (Å²) in [5.74, 6) is -0.160. The lowest BCUT2D eigenvalue weighted by Crippen LogP contribution is -2.15. The highest BCUT2D eigenvalue weighted by Gasteiger charge is 2.14. The summed E-state index contributed by atoms with van der Waals surface area (Å²) in [5.41, 5.74) is 4.17. The first kappa shape index (κ1) is 19.6. The smallest absolute Gasteiger partial charge is 0.261 e. The third kappa shape index (κ3) is 4.95. The topological polar surface area (TPSA) is 88.2 Å². The van der Waals surface area contributed by atoms with Crippen LogP contribution in [0.25, 0.3) is 0 Å². The number of hydrogen-bond acceptors (Lipinski definition) is 4. The zero-order valence-electron chi connectivity index (χ0n) is 15.6. The third-order valence-corrected chi connectivity index (χ3v) is 5.70. The van der Waals surface area contributed by atoms with Crippen molar-refractivity contribution in [1.82, 2.24) is 4.98 Å². The maximum atomic E-state index is 12.4. The van der Waals surface area contributed by atoms with Crippen molar-refractivity contribution >= 4 is 27.3 Å². The average Bonchev–Trinajstić information content (AvgIpc) is 2.65. The van der Waals surface area contributed by atoms with Crippen LogP contribution in [-0.2, 0) is 21.2 Å². The average molecular weight is 395 g/mol. The Balaban J connectivity index is 1.65. The predicted octanol–water partition coefficient (Wildman–Crippen LogP) is 3.68. The van der Waals surface area contributed by atoms with Gasteiger partial charge in [0.1, 0.15) is 0 Å². The van der Waals surface area contributed by atoms with Crippen molar-refractivity contribution in [3.05, 3.63) is 83.7 Å². The fourth-order valence-corrected chi connectivity index (χ4v) is 3.70. The minimum atomic E-state index is -3.72. The number of pyridine rings is 1. The first-order chi connectivity index (χ1) is 13.3. The van der Waals surface area contributed by atoms with Crippen LogP contribution in [-0.4, -0.2) is 19.3 Å². The molecule has 0 aliphatic heterocycles. The van der Waals surface area contributed by atoms with Crippen molar-refractivity contribution in [1.29, 1.82) is 0 Å². The SMILES string of the molecule is Cc1ccc(CC(=O)Nc2ccc(S(=O)(=O)Nc3cccnc3)cc2)cc1C. The highest BCUT2D eigenvalue weighted by molar-refractivity contribution is 7.92. The number of rotatable bonds is 6. The van der Waals surface area contributed by atoms with Crippen molar-refractivity contribution in [2.45, 2.75) is 25.2 Å². The van der Waals surface area contributed by atoms with Crippen LogP contribution in [0.4, 0.5) is 11.4 Å². The molecule has 0 fully saturated rings. The molecular formula is C21H21N3O3S. The summed E-state index contributed by atoms with van der Waals surface area (Å²) < 4.78 is 27.3. The standard InChI is InChI=1S/C21H21N3O3S/c1-15-5-6-17(12-16(15)2)13-21(25)23-18-7-9-20(10-8-18)28(26,27)24-19-4-3-11-22-14-19/h3-12,14,24H,13H2,1-2H3,(H,23,25). The van der Waals surface area contributed by atoms with E-state index in [9.17, 15) is 13.2 Å². The highest BCUT2D eigenvalue weighted by atomic mass is 32.2. The molecule has 0 saturated carbocycles. The molecule has 0 bridgehead atoms. The van der Waals surface area contributed by atoms with Crippen molar-refractivity contribution in [2.24, 2.45) is 0 Å². The van der Waals surface area contributed by atoms with Gasteiger partial charge >= 0.3 is 0 Å². The summed E-state index contributed by atoms with van der Waals surface area (Å²) >= 11 is 0. The van der Waals surface area contributed by atoms with Crippen LogP contribution in [0.2, 0.25) is 0 Å². The monoisotopic (exact) mass is 395 g/mol. The second-order valence-electron chi connectivity index (χ2n) is 6.52. The molecule has 2 aromatic carbocycles. The van der Waals surface area contributed by atoms with E-state index in [1.165, 1.54) is 23.9 Å². The van der Waals surface area contributed by atoms with E-state index in [4.69, 9.17) is 0 Å². The van der Waals surface area contributed by atoms with Gasteiger partial charge in [0.15, 0.2) is 0 Å². The molecule has 2 N–H and O–H groups in total. The van der Waals surface area contributed by atoms with Gasteiger partial charge < -0.3 is 5.32 Å². The molecule has 0 aliphatic rings. The molecule has 0 saturated heterocycles. The number of sulfonamides is 1. The van der Waals surface area contributed by atoms with Crippen molar-refractivity contribution in [3.63, 3.8) is 0 Å². The first-order valence-electron chi connectivity index (χ1n) is 8.72. The van der Waals surface area contributed by atoms with Gasteiger partial charge in [0.05, 0.1) is 23.2 Å². The summed E-state index contributed by atoms with van der Waals surface area (Å²) in [5, 5.41) is 2.79. The number of amides is 1. The van der Waals surface area contributed by atoms with Crippen molar-refractivity contribution in [2.75, 3.05) is 10.0 Å². The number of hydrogen-bond donors (Lipinski definition) is 2. The molecule has 0 unspecified atom stereocenters. The van der Waals surface area contributed by atoms with E-state index in [0.717, 1.165) is 11.1 Å². The number of anilines is 2. The molecule has 144 valence electrons. The van der Waals surface area contributed by atoms with Gasteiger partial charge in [-0.2, -0.15) is 0 Å². The maximum absolute atomic E-state index is 12.4. The largest absolute Gasteiger partial charge is 0.326 e. The van der Waals surface area contributed by atoms with Crippen LogP contribution in [0.1, 0.15) is 16.7 Å². The Bertz CT molecular complexity index is 1080. The van der Waals surface area contributed by atoms with Crippen LogP contribution in [0, 0.1) is 13.8 Å². The van der Waals surface area contributed by atoms with Gasteiger partial charge in [0, 0.05) is 11.9 Å². The van der Waals surface area contributed by atoms with Crippen LogP contribution < -0.4 is 10.0 Å². The van der Waals surface area contributed by atoms with Gasteiger partial charge in [-0.05, 0) is 66.9 Å². The van der Waals surface area contributed by atoms with E-state index < -0.39 is 10.0 Å². The molecule has 3 rings (SSSR count). The Morgan fingerprint density at radius 2 is 1.71 bits per heavy atom. The molecule has 6 nitrogen and oxygen atoms in total. The van der Waals surface area contributed by atoms with E-state index in [0.29, 0.717) is 11.4 Å². The number of nitrogens with zero attached hydrogens (tertiary/aromatic N) is 1. The van der Waals surface area contributed by atoms with E-state index in [-0.39, 0.29) is 17.2 Å². The van der Waals surface area contributed by atoms with Gasteiger partial charge in [-0.15, -0.1) is 0 Å². The van der Waals surface area contributed by atoms with Crippen LogP contribution in [0.5, 0.6) is 0 Å². The maximum Gasteiger partial charge on any atom is 0.261 e. The second-order valence-corrected chi connectivity index (χ2v) is 8.20. The van der Waals surface area contributed by atoms with Gasteiger partial charge in [-0.1, -0.05) is 18.2 Å². The van der Waals surface area contributed by atoms with Gasteiger partial charge in [-0.25, -0.2) is 8.42 Å². The predicted molar refractivity (Wildman–Crippen MR) is 110 cm³/mol. The van der Waals surface area contributed by atoms with E-state index in [1.54, 1.807) is 30.5 Å². The number of benzene rings is 2. The Morgan fingerprint density at radius 3 is 2.36 bits per heavy atom. The second kappa shape index (κ2) is 8.22. The molecule has 1 heterocycles. The van der Waals surface area contributed by atoms with Crippen LogP contribution in [0.15, 0.2) is 71.9 Å². The summed E-state index contributed by atoms with van der Waals surface area (Å²) in [6.07, 6.45) is 3.25. The van der Waals surface area contributed by atoms with Gasteiger partial charge in [-0.3, -0.25) is 14.5 Å². The lowest BCUT2D eigenvalue weighted by Gasteiger charge is -2.10. The Labute approximate surface area is 164 Å². The fourth-order valence-electron chi connectivity index (χ4n) is 2.66. The molecule has 0 spiro atoms. The first-order valence-corrected chi connectivity index (χ1v) is 10.2. The molecule has 28 heavy (non-hydrogen) atoms. The zero-order valence-corrected chi connectivity index (χ0v) is 16.5. The molecule has 0 aliphatic carbocycles. The Hall–Kier alpha value is -3.19. The summed E-state index contributed by atoms with van der Waals surface area (Å²) in [6, 6.07) is 15.2. The van der Waals surface area contributed by atoms with E-state index in [2.05, 4.69) is 15.0 Å². The number of aryl methyl sites for hydroxylation is 2. The Kier molecular flexibility index (Phi) is 5.75. The Morgan fingerprint density at radius 1 is 0.964 bits per heavy atom. The van der Waals surface area contributed by atoms with Gasteiger partial charge in [0.25, 0.3) is 10.0 Å². The molecule has 1 aromatic heterocycles. The van der Waals surface area contributed by atoms with Crippen molar-refractivity contribution in [3.8, 4) is 0 Å². The highest BCUT2D eigenvalue weighted by Crippen LogP contribution is 2.18. The molecule has 7 heteroatoms. The van der Waals surface area contributed by atoms with E-state index in [1.807, 2.05) is 32.0 Å². The number of aromatic nitrogens is 1. The molecule has 3 aromatic rings. The number of nitrogens with one attached hydrogen (secondary N) is 2. The summed E-state index contributed by atoms with van der Waals surface area (Å²) in [7, 11) is -3.72. The molecule has 0 atom stereocenters. The summed E-state index contributed by atoms with van der Waals surface area (Å²) in [4.78, 5) is 16.2. The zero-order chi connectivity index (χ0) is 20.1. The molecule has 0 radical (unpaired) electrons. The quantitative estimate of drug-likeness (QED) is 0.666. The molecule has 1 amide bonds. The lowest BCUT2D eigenvalue weighted by molar-refractivity contribution is -0.115. The van der Waals surface area contributed by atoms with Gasteiger partial charge in [0.2, 0.25) is 5.91 Å². The third-order valence-electron chi connectivity index (χ3n) is 4.30. The van der Waals surface area contributed by atoms with E-state index >= 15 is 0 Å². The molecular weight excluding hydrogens is 374 g/mol. The van der Waals surface area contributed by atoms with Crippen LogP contribution >= 0.6 is 0 Å². The normalized spacial score (nSPS) is 11.1.